The van der Waals surface area contributed by atoms with Gasteiger partial charge >= 0.3 is 0 Å². The molecule has 1 aliphatic rings. The van der Waals surface area contributed by atoms with Crippen LogP contribution in [0.2, 0.25) is 0 Å². The second-order valence-corrected chi connectivity index (χ2v) is 4.07. The van der Waals surface area contributed by atoms with Gasteiger partial charge < -0.3 is 10.2 Å². The van der Waals surface area contributed by atoms with Crippen LogP contribution < -0.4 is 10.9 Å². The number of amides is 2. The first-order chi connectivity index (χ1) is 8.58. The molecule has 96 valence electrons. The van der Waals surface area contributed by atoms with E-state index in [0.717, 1.165) is 4.68 Å². The highest BCUT2D eigenvalue weighted by molar-refractivity contribution is 5.92. The molecule has 1 aromatic rings. The minimum Gasteiger partial charge on any atom is -0.354 e. The van der Waals surface area contributed by atoms with Crippen LogP contribution in [0.1, 0.15) is 16.9 Å². The number of aryl methyl sites for hydroxylation is 1. The molecule has 1 aromatic heterocycles. The highest BCUT2D eigenvalue weighted by atomic mass is 16.2. The van der Waals surface area contributed by atoms with Crippen LogP contribution in [0.5, 0.6) is 0 Å². The summed E-state index contributed by atoms with van der Waals surface area (Å²) in [5, 5.41) is 6.60. The molecule has 7 nitrogen and oxygen atoms in total. The van der Waals surface area contributed by atoms with Crippen molar-refractivity contribution in [1.82, 2.24) is 20.0 Å². The molecular formula is C11H14N4O3. The van der Waals surface area contributed by atoms with Crippen LogP contribution in [0.25, 0.3) is 0 Å². The number of hydrogen-bond acceptors (Lipinski definition) is 4. The van der Waals surface area contributed by atoms with Gasteiger partial charge in [-0.1, -0.05) is 0 Å². The maximum atomic E-state index is 12.1. The van der Waals surface area contributed by atoms with E-state index in [9.17, 15) is 14.4 Å². The Morgan fingerprint density at radius 3 is 2.83 bits per heavy atom. The lowest BCUT2D eigenvalue weighted by atomic mass is 10.3. The van der Waals surface area contributed by atoms with Gasteiger partial charge in [0.15, 0.2) is 0 Å². The van der Waals surface area contributed by atoms with E-state index in [1.54, 1.807) is 4.90 Å². The molecule has 1 fully saturated rings. The zero-order valence-corrected chi connectivity index (χ0v) is 10.0. The van der Waals surface area contributed by atoms with Gasteiger partial charge in [0, 0.05) is 39.2 Å². The number of nitrogens with zero attached hydrogens (tertiary/aromatic N) is 3. The van der Waals surface area contributed by atoms with Crippen LogP contribution in [0, 0.1) is 0 Å². The van der Waals surface area contributed by atoms with Crippen LogP contribution in [-0.2, 0) is 11.8 Å². The van der Waals surface area contributed by atoms with E-state index in [1.165, 1.54) is 19.2 Å². The van der Waals surface area contributed by atoms with Gasteiger partial charge in [0.1, 0.15) is 5.69 Å². The van der Waals surface area contributed by atoms with Gasteiger partial charge in [-0.3, -0.25) is 14.4 Å². The normalized spacial score (nSPS) is 16.1. The largest absolute Gasteiger partial charge is 0.354 e. The summed E-state index contributed by atoms with van der Waals surface area (Å²) in [6.07, 6.45) is 0.289. The van der Waals surface area contributed by atoms with Crippen molar-refractivity contribution in [3.8, 4) is 0 Å². The van der Waals surface area contributed by atoms with E-state index in [1.807, 2.05) is 0 Å². The Bertz CT molecular complexity index is 537. The van der Waals surface area contributed by atoms with Crippen LogP contribution in [0.15, 0.2) is 16.9 Å². The summed E-state index contributed by atoms with van der Waals surface area (Å²) < 4.78 is 1.12. The lowest BCUT2D eigenvalue weighted by Gasteiger charge is -2.18. The van der Waals surface area contributed by atoms with E-state index in [-0.39, 0.29) is 29.5 Å². The Labute approximate surface area is 103 Å². The van der Waals surface area contributed by atoms with Crippen molar-refractivity contribution < 1.29 is 9.59 Å². The lowest BCUT2D eigenvalue weighted by molar-refractivity contribution is -0.120. The maximum absolute atomic E-state index is 12.1. The Balaban J connectivity index is 2.17. The molecule has 0 saturated carbocycles. The number of nitrogens with one attached hydrogen (secondary N) is 1. The number of aromatic nitrogens is 2. The molecule has 7 heteroatoms. The molecule has 2 amide bonds. The third-order valence-electron chi connectivity index (χ3n) is 2.78. The van der Waals surface area contributed by atoms with E-state index >= 15 is 0 Å². The van der Waals surface area contributed by atoms with Crippen molar-refractivity contribution in [2.24, 2.45) is 7.05 Å². The second-order valence-electron chi connectivity index (χ2n) is 4.07. The molecule has 1 N–H and O–H groups in total. The first-order valence-electron chi connectivity index (χ1n) is 5.68. The van der Waals surface area contributed by atoms with Crippen molar-refractivity contribution >= 4 is 11.8 Å². The Kier molecular flexibility index (Phi) is 3.40. The van der Waals surface area contributed by atoms with E-state index in [0.29, 0.717) is 19.6 Å². The second kappa shape index (κ2) is 4.99. The third kappa shape index (κ3) is 2.55. The topological polar surface area (TPSA) is 84.3 Å². The van der Waals surface area contributed by atoms with Gasteiger partial charge in [0.2, 0.25) is 5.91 Å². The van der Waals surface area contributed by atoms with Crippen molar-refractivity contribution in [2.45, 2.75) is 6.42 Å². The predicted molar refractivity (Wildman–Crippen MR) is 63.0 cm³/mol. The zero-order valence-electron chi connectivity index (χ0n) is 10.0. The SMILES string of the molecule is Cn1nc(C(=O)N2CCNC(=O)CC2)ccc1=O. The molecule has 0 atom stereocenters. The highest BCUT2D eigenvalue weighted by Gasteiger charge is 2.20. The monoisotopic (exact) mass is 250 g/mol. The Hall–Kier alpha value is -2.18. The van der Waals surface area contributed by atoms with Crippen molar-refractivity contribution in [1.29, 1.82) is 0 Å². The van der Waals surface area contributed by atoms with Crippen LogP contribution in [-0.4, -0.2) is 46.1 Å². The minimum atomic E-state index is -0.265. The Morgan fingerprint density at radius 2 is 2.11 bits per heavy atom. The number of hydrogen-bond donors (Lipinski definition) is 1. The van der Waals surface area contributed by atoms with E-state index in [2.05, 4.69) is 10.4 Å². The molecule has 0 unspecified atom stereocenters. The van der Waals surface area contributed by atoms with Crippen molar-refractivity contribution in [2.75, 3.05) is 19.6 Å². The van der Waals surface area contributed by atoms with Crippen molar-refractivity contribution in [3.05, 3.63) is 28.2 Å². The summed E-state index contributed by atoms with van der Waals surface area (Å²) in [6.45, 7) is 1.26. The summed E-state index contributed by atoms with van der Waals surface area (Å²) in [5.41, 5.74) is -0.0503. The first kappa shape index (κ1) is 12.3. The van der Waals surface area contributed by atoms with Gasteiger partial charge in [-0.25, -0.2) is 4.68 Å². The fraction of sp³-hybridized carbons (Fsp3) is 0.455. The number of carbonyl (C=O) groups excluding carboxylic acids is 2. The number of carbonyl (C=O) groups is 2. The molecule has 0 radical (unpaired) electrons. The Morgan fingerprint density at radius 1 is 1.33 bits per heavy atom. The van der Waals surface area contributed by atoms with Gasteiger partial charge in [0.25, 0.3) is 11.5 Å². The first-order valence-corrected chi connectivity index (χ1v) is 5.68. The molecule has 0 spiro atoms. The molecule has 0 aliphatic carbocycles. The van der Waals surface area contributed by atoms with Gasteiger partial charge in [-0.2, -0.15) is 5.10 Å². The van der Waals surface area contributed by atoms with Crippen LogP contribution >= 0.6 is 0 Å². The summed E-state index contributed by atoms with van der Waals surface area (Å²) in [5.74, 6) is -0.319. The maximum Gasteiger partial charge on any atom is 0.274 e. The predicted octanol–water partition coefficient (Wildman–Crippen LogP) is -1.26. The van der Waals surface area contributed by atoms with Crippen molar-refractivity contribution in [3.63, 3.8) is 0 Å². The molecule has 2 heterocycles. The molecule has 0 aromatic carbocycles. The smallest absolute Gasteiger partial charge is 0.274 e. The average Bonchev–Trinajstić information content (AvgIpc) is 2.57. The summed E-state index contributed by atoms with van der Waals surface area (Å²) in [7, 11) is 1.49. The molecule has 1 saturated heterocycles. The fourth-order valence-electron chi connectivity index (χ4n) is 1.75. The third-order valence-corrected chi connectivity index (χ3v) is 2.78. The minimum absolute atomic E-state index is 0.0567. The van der Waals surface area contributed by atoms with E-state index < -0.39 is 0 Å². The summed E-state index contributed by atoms with van der Waals surface area (Å²) in [4.78, 5) is 36.1. The molecule has 18 heavy (non-hydrogen) atoms. The van der Waals surface area contributed by atoms with Gasteiger partial charge in [-0.15, -0.1) is 0 Å². The summed E-state index contributed by atoms with van der Waals surface area (Å²) >= 11 is 0. The molecule has 0 bridgehead atoms. The quantitative estimate of drug-likeness (QED) is 0.674. The zero-order chi connectivity index (χ0) is 13.1. The van der Waals surface area contributed by atoms with Crippen LogP contribution in [0.4, 0.5) is 0 Å². The fourth-order valence-corrected chi connectivity index (χ4v) is 1.75. The highest BCUT2D eigenvalue weighted by Crippen LogP contribution is 2.03. The standard InChI is InChI=1S/C11H14N4O3/c1-14-10(17)3-2-8(13-14)11(18)15-6-4-9(16)12-5-7-15/h2-3H,4-7H2,1H3,(H,12,16). The average molecular weight is 250 g/mol. The molecular weight excluding hydrogens is 236 g/mol. The molecule has 1 aliphatic heterocycles. The number of rotatable bonds is 1. The van der Waals surface area contributed by atoms with Crippen LogP contribution in [0.3, 0.4) is 0 Å². The van der Waals surface area contributed by atoms with Gasteiger partial charge in [0.05, 0.1) is 0 Å². The van der Waals surface area contributed by atoms with E-state index in [4.69, 9.17) is 0 Å². The lowest BCUT2D eigenvalue weighted by Crippen LogP contribution is -2.36. The molecule has 2 rings (SSSR count). The summed E-state index contributed by atoms with van der Waals surface area (Å²) in [6, 6.07) is 2.71. The van der Waals surface area contributed by atoms with Gasteiger partial charge in [-0.05, 0) is 6.07 Å².